The fourth-order valence-electron chi connectivity index (χ4n) is 1.59. The van der Waals surface area contributed by atoms with Gasteiger partial charge in [0.05, 0.1) is 25.6 Å². The number of esters is 2. The summed E-state index contributed by atoms with van der Waals surface area (Å²) in [6, 6.07) is 0. The molecule has 1 atom stereocenters. The molecule has 0 amide bonds. The Kier molecular flexibility index (Phi) is 3.90. The molecule has 6 heteroatoms. The van der Waals surface area contributed by atoms with Crippen LogP contribution in [0.2, 0.25) is 0 Å². The molecule has 1 heterocycles. The summed E-state index contributed by atoms with van der Waals surface area (Å²) in [5, 5.41) is 0. The molecule has 0 bridgehead atoms. The molecule has 0 aromatic carbocycles. The first-order valence-electron chi connectivity index (χ1n) is 5.15. The van der Waals surface area contributed by atoms with Crippen molar-refractivity contribution in [1.82, 2.24) is 0 Å². The Bertz CT molecular complexity index is 459. The van der Waals surface area contributed by atoms with Crippen LogP contribution in [0.4, 0.5) is 0 Å². The van der Waals surface area contributed by atoms with Gasteiger partial charge in [0.1, 0.15) is 0 Å². The van der Waals surface area contributed by atoms with Crippen LogP contribution < -0.4 is 0 Å². The van der Waals surface area contributed by atoms with Crippen molar-refractivity contribution in [2.75, 3.05) is 14.2 Å². The highest BCUT2D eigenvalue weighted by Gasteiger charge is 2.46. The van der Waals surface area contributed by atoms with Crippen LogP contribution in [0.3, 0.4) is 0 Å². The fourth-order valence-corrected chi connectivity index (χ4v) is 1.59. The lowest BCUT2D eigenvalue weighted by Gasteiger charge is -2.24. The second-order valence-electron chi connectivity index (χ2n) is 3.83. The van der Waals surface area contributed by atoms with Gasteiger partial charge in [-0.25, -0.2) is 9.59 Å². The van der Waals surface area contributed by atoms with Gasteiger partial charge in [0.15, 0.2) is 5.60 Å². The van der Waals surface area contributed by atoms with Crippen LogP contribution in [0, 0.1) is 0 Å². The summed E-state index contributed by atoms with van der Waals surface area (Å²) in [5.74, 6) is -1.65. The van der Waals surface area contributed by atoms with Crippen molar-refractivity contribution in [1.29, 1.82) is 0 Å². The van der Waals surface area contributed by atoms with Gasteiger partial charge in [-0.2, -0.15) is 0 Å². The number of hydrogen-bond donors (Lipinski definition) is 0. The maximum absolute atomic E-state index is 11.8. The van der Waals surface area contributed by atoms with E-state index in [1.54, 1.807) is 6.92 Å². The molecule has 0 spiro atoms. The zero-order valence-electron chi connectivity index (χ0n) is 10.6. The van der Waals surface area contributed by atoms with Crippen molar-refractivity contribution < 1.29 is 28.6 Å². The van der Waals surface area contributed by atoms with Crippen molar-refractivity contribution in [3.63, 3.8) is 0 Å². The summed E-state index contributed by atoms with van der Waals surface area (Å²) in [4.78, 5) is 34.7. The average Bonchev–Trinajstić information content (AvgIpc) is 2.59. The van der Waals surface area contributed by atoms with Crippen LogP contribution in [0.15, 0.2) is 23.5 Å². The van der Waals surface area contributed by atoms with Gasteiger partial charge in [-0.05, 0) is 13.8 Å². The van der Waals surface area contributed by atoms with Crippen molar-refractivity contribution in [2.24, 2.45) is 0 Å². The molecule has 1 aliphatic heterocycles. The number of rotatable bonds is 3. The van der Waals surface area contributed by atoms with E-state index in [1.165, 1.54) is 13.0 Å². The summed E-state index contributed by atoms with van der Waals surface area (Å²) >= 11 is 0. The number of hydrogen-bond acceptors (Lipinski definition) is 6. The Labute approximate surface area is 104 Å². The van der Waals surface area contributed by atoms with Crippen LogP contribution in [-0.4, -0.2) is 37.5 Å². The molecular weight excluding hydrogens is 240 g/mol. The van der Waals surface area contributed by atoms with Crippen LogP contribution in [0.1, 0.15) is 13.8 Å². The van der Waals surface area contributed by atoms with E-state index in [-0.39, 0.29) is 5.57 Å². The van der Waals surface area contributed by atoms with Gasteiger partial charge in [0, 0.05) is 12.2 Å². The third-order valence-electron chi connectivity index (χ3n) is 2.55. The Morgan fingerprint density at radius 3 is 2.33 bits per heavy atom. The summed E-state index contributed by atoms with van der Waals surface area (Å²) in [6.07, 6.45) is 2.16. The van der Waals surface area contributed by atoms with Crippen molar-refractivity contribution in [3.8, 4) is 0 Å². The second-order valence-corrected chi connectivity index (χ2v) is 3.83. The number of carbonyl (C=O) groups is 3. The molecule has 0 saturated heterocycles. The van der Waals surface area contributed by atoms with E-state index in [2.05, 4.69) is 9.47 Å². The first-order valence-corrected chi connectivity index (χ1v) is 5.15. The maximum atomic E-state index is 11.8. The zero-order valence-corrected chi connectivity index (χ0v) is 10.6. The van der Waals surface area contributed by atoms with E-state index >= 15 is 0 Å². The summed E-state index contributed by atoms with van der Waals surface area (Å²) in [7, 11) is 2.31. The van der Waals surface area contributed by atoms with Crippen LogP contribution >= 0.6 is 0 Å². The van der Waals surface area contributed by atoms with Gasteiger partial charge in [0.25, 0.3) is 0 Å². The van der Waals surface area contributed by atoms with Gasteiger partial charge in [-0.15, -0.1) is 0 Å². The first kappa shape index (κ1) is 14.0. The molecule has 0 aromatic heterocycles. The normalized spacial score (nSPS) is 23.2. The Morgan fingerprint density at radius 1 is 1.33 bits per heavy atom. The minimum atomic E-state index is -1.55. The van der Waals surface area contributed by atoms with Crippen molar-refractivity contribution in [3.05, 3.63) is 23.5 Å². The third kappa shape index (κ3) is 2.42. The molecule has 0 aromatic rings. The minimum Gasteiger partial charge on any atom is -0.479 e. The van der Waals surface area contributed by atoms with E-state index in [1.807, 2.05) is 0 Å². The van der Waals surface area contributed by atoms with E-state index < -0.39 is 23.3 Å². The predicted molar refractivity (Wildman–Crippen MR) is 60.4 cm³/mol. The second kappa shape index (κ2) is 5.03. The quantitative estimate of drug-likeness (QED) is 0.539. The monoisotopic (exact) mass is 254 g/mol. The highest BCUT2D eigenvalue weighted by molar-refractivity contribution is 6.10. The SMILES string of the molecule is COC(=O)/C=C(\C(=O)OC)C1(C)OC(C)=CC1=O. The van der Waals surface area contributed by atoms with Gasteiger partial charge >= 0.3 is 11.9 Å². The minimum absolute atomic E-state index is 0.199. The molecule has 1 unspecified atom stereocenters. The van der Waals surface area contributed by atoms with Crippen LogP contribution in [0.5, 0.6) is 0 Å². The maximum Gasteiger partial charge on any atom is 0.338 e. The van der Waals surface area contributed by atoms with Crippen LogP contribution in [-0.2, 0) is 28.6 Å². The van der Waals surface area contributed by atoms with E-state index in [4.69, 9.17) is 4.74 Å². The van der Waals surface area contributed by atoms with E-state index in [9.17, 15) is 14.4 Å². The molecule has 1 rings (SSSR count). The number of ether oxygens (including phenoxy) is 3. The lowest BCUT2D eigenvalue weighted by molar-refractivity contribution is -0.143. The lowest BCUT2D eigenvalue weighted by atomic mass is 9.91. The third-order valence-corrected chi connectivity index (χ3v) is 2.55. The van der Waals surface area contributed by atoms with Gasteiger partial charge < -0.3 is 14.2 Å². The van der Waals surface area contributed by atoms with Gasteiger partial charge in [-0.1, -0.05) is 0 Å². The highest BCUT2D eigenvalue weighted by Crippen LogP contribution is 2.32. The summed E-state index contributed by atoms with van der Waals surface area (Å²) in [5.41, 5.74) is -1.75. The predicted octanol–water partition coefficient (Wildman–Crippen LogP) is 0.521. The fraction of sp³-hybridized carbons (Fsp3) is 0.417. The molecule has 18 heavy (non-hydrogen) atoms. The Hall–Kier alpha value is -2.11. The standard InChI is InChI=1S/C12H14O6/c1-7-5-9(13)12(2,18-7)8(11(15)17-4)6-10(14)16-3/h5-6H,1-4H3/b8-6+. The first-order chi connectivity index (χ1) is 8.35. The van der Waals surface area contributed by atoms with E-state index in [0.29, 0.717) is 5.76 Å². The molecule has 0 N–H and O–H groups in total. The molecular formula is C12H14O6. The summed E-state index contributed by atoms with van der Waals surface area (Å²) < 4.78 is 14.3. The molecule has 98 valence electrons. The van der Waals surface area contributed by atoms with Gasteiger partial charge in [0.2, 0.25) is 5.78 Å². The molecule has 0 aliphatic carbocycles. The summed E-state index contributed by atoms with van der Waals surface area (Å²) in [6.45, 7) is 2.98. The molecule has 0 saturated carbocycles. The molecule has 0 fully saturated rings. The lowest BCUT2D eigenvalue weighted by Crippen LogP contribution is -2.39. The van der Waals surface area contributed by atoms with Crippen molar-refractivity contribution >= 4 is 17.7 Å². The van der Waals surface area contributed by atoms with Gasteiger partial charge in [-0.3, -0.25) is 4.79 Å². The number of ketones is 1. The van der Waals surface area contributed by atoms with Crippen LogP contribution in [0.25, 0.3) is 0 Å². The zero-order chi connectivity index (χ0) is 13.9. The van der Waals surface area contributed by atoms with E-state index in [0.717, 1.165) is 20.3 Å². The highest BCUT2D eigenvalue weighted by atomic mass is 16.5. The number of carbonyl (C=O) groups excluding carboxylic acids is 3. The molecule has 6 nitrogen and oxygen atoms in total. The van der Waals surface area contributed by atoms with Crippen molar-refractivity contribution in [2.45, 2.75) is 19.4 Å². The topological polar surface area (TPSA) is 78.9 Å². The average molecular weight is 254 g/mol. The number of methoxy groups -OCH3 is 2. The smallest absolute Gasteiger partial charge is 0.338 e. The number of allylic oxidation sites excluding steroid dienone is 1. The molecule has 1 aliphatic rings. The largest absolute Gasteiger partial charge is 0.479 e. The molecule has 0 radical (unpaired) electrons. The Morgan fingerprint density at radius 2 is 1.94 bits per heavy atom. The Balaban J connectivity index is 3.21.